The van der Waals surface area contributed by atoms with E-state index < -0.39 is 0 Å². The molecule has 3 rings (SSSR count). The van der Waals surface area contributed by atoms with E-state index in [1.54, 1.807) is 0 Å². The first kappa shape index (κ1) is 16.5. The number of hydrogen-bond donors (Lipinski definition) is 0. The van der Waals surface area contributed by atoms with E-state index in [0.717, 1.165) is 16.5 Å². The number of aromatic nitrogens is 3. The summed E-state index contributed by atoms with van der Waals surface area (Å²) in [5, 5.41) is 8.98. The number of rotatable bonds is 6. The molecule has 0 N–H and O–H groups in total. The average Bonchev–Trinajstić information content (AvgIpc) is 2.96. The van der Waals surface area contributed by atoms with Crippen LogP contribution >= 0.6 is 11.8 Å². The summed E-state index contributed by atoms with van der Waals surface area (Å²) < 4.78 is 2.05. The van der Waals surface area contributed by atoms with Crippen LogP contribution in [0.3, 0.4) is 0 Å². The molecule has 3 aromatic rings. The summed E-state index contributed by atoms with van der Waals surface area (Å²) in [6, 6.07) is 19.6. The lowest BCUT2D eigenvalue weighted by Crippen LogP contribution is -2.15. The van der Waals surface area contributed by atoms with Gasteiger partial charge in [0.25, 0.3) is 0 Å². The topological polar surface area (TPSA) is 47.8 Å². The van der Waals surface area contributed by atoms with Gasteiger partial charge in [-0.2, -0.15) is 0 Å². The second-order valence-electron chi connectivity index (χ2n) is 5.59. The average molecular weight is 337 g/mol. The first-order valence-corrected chi connectivity index (χ1v) is 8.73. The fraction of sp³-hybridized carbons (Fsp3) is 0.211. The zero-order valence-electron chi connectivity index (χ0n) is 13.7. The van der Waals surface area contributed by atoms with Gasteiger partial charge in [-0.15, -0.1) is 10.2 Å². The molecule has 0 spiro atoms. The summed E-state index contributed by atoms with van der Waals surface area (Å²) in [5.74, 6) is 0.952. The maximum Gasteiger partial charge on any atom is 0.192 e. The molecule has 0 aliphatic rings. The van der Waals surface area contributed by atoms with Gasteiger partial charge in [-0.3, -0.25) is 4.79 Å². The smallest absolute Gasteiger partial charge is 0.192 e. The third kappa shape index (κ3) is 3.74. The number of carbonyl (C=O) groups excluding carboxylic acids is 1. The molecule has 1 heterocycles. The van der Waals surface area contributed by atoms with Crippen molar-refractivity contribution < 1.29 is 4.79 Å². The van der Waals surface area contributed by atoms with Gasteiger partial charge in [-0.1, -0.05) is 72.4 Å². The molecule has 0 aliphatic heterocycles. The first-order valence-electron chi connectivity index (χ1n) is 7.85. The van der Waals surface area contributed by atoms with Crippen molar-refractivity contribution in [3.63, 3.8) is 0 Å². The predicted octanol–water partition coefficient (Wildman–Crippen LogP) is 4.00. The lowest BCUT2D eigenvalue weighted by atomic mass is 10.1. The second kappa shape index (κ2) is 7.45. The largest absolute Gasteiger partial charge is 0.302 e. The normalized spacial score (nSPS) is 12.1. The molecule has 4 nitrogen and oxygen atoms in total. The molecule has 0 aliphatic carbocycles. The summed E-state index contributed by atoms with van der Waals surface area (Å²) >= 11 is 1.45. The van der Waals surface area contributed by atoms with E-state index in [1.807, 2.05) is 62.4 Å². The quantitative estimate of drug-likeness (QED) is 0.504. The minimum atomic E-state index is -0.217. The Balaban J connectivity index is 1.77. The molecule has 24 heavy (non-hydrogen) atoms. The number of nitrogens with zero attached hydrogens (tertiary/aromatic N) is 3. The molecular formula is C19H19N3OS. The van der Waals surface area contributed by atoms with Crippen LogP contribution in [0.25, 0.3) is 0 Å². The number of ketones is 1. The standard InChI is InChI=1S/C19H19N3OS/c1-14(18(23)17-11-7-4-8-12-17)24-19-21-20-15(2)22(19)13-16-9-5-3-6-10-16/h3-12,14H,13H2,1-2H3. The Hall–Kier alpha value is -2.40. The minimum Gasteiger partial charge on any atom is -0.302 e. The third-order valence-corrected chi connectivity index (χ3v) is 4.88. The van der Waals surface area contributed by atoms with Crippen molar-refractivity contribution >= 4 is 17.5 Å². The van der Waals surface area contributed by atoms with Crippen molar-refractivity contribution in [3.8, 4) is 0 Å². The van der Waals surface area contributed by atoms with E-state index in [1.165, 1.54) is 17.3 Å². The highest BCUT2D eigenvalue weighted by Crippen LogP contribution is 2.25. The fourth-order valence-corrected chi connectivity index (χ4v) is 3.42. The van der Waals surface area contributed by atoms with Gasteiger partial charge in [0.15, 0.2) is 10.9 Å². The molecule has 1 aromatic heterocycles. The zero-order chi connectivity index (χ0) is 16.9. The fourth-order valence-electron chi connectivity index (χ4n) is 2.45. The Morgan fingerprint density at radius 3 is 2.33 bits per heavy atom. The van der Waals surface area contributed by atoms with Gasteiger partial charge < -0.3 is 4.57 Å². The molecule has 0 saturated heterocycles. The van der Waals surface area contributed by atoms with Crippen LogP contribution in [0.15, 0.2) is 65.8 Å². The monoisotopic (exact) mass is 337 g/mol. The van der Waals surface area contributed by atoms with Crippen molar-refractivity contribution in [2.75, 3.05) is 0 Å². The van der Waals surface area contributed by atoms with E-state index in [9.17, 15) is 4.79 Å². The van der Waals surface area contributed by atoms with Crippen LogP contribution in [0.5, 0.6) is 0 Å². The summed E-state index contributed by atoms with van der Waals surface area (Å²) in [6.45, 7) is 4.55. The Morgan fingerprint density at radius 2 is 1.67 bits per heavy atom. The predicted molar refractivity (Wildman–Crippen MR) is 96.4 cm³/mol. The highest BCUT2D eigenvalue weighted by Gasteiger charge is 2.20. The molecule has 1 unspecified atom stereocenters. The number of benzene rings is 2. The number of thioether (sulfide) groups is 1. The maximum absolute atomic E-state index is 12.5. The van der Waals surface area contributed by atoms with Crippen molar-refractivity contribution in [1.82, 2.24) is 14.8 Å². The van der Waals surface area contributed by atoms with E-state index in [-0.39, 0.29) is 11.0 Å². The summed E-state index contributed by atoms with van der Waals surface area (Å²) in [4.78, 5) is 12.5. The summed E-state index contributed by atoms with van der Waals surface area (Å²) in [5.41, 5.74) is 1.91. The van der Waals surface area contributed by atoms with Crippen LogP contribution < -0.4 is 0 Å². The van der Waals surface area contributed by atoms with Crippen LogP contribution in [0, 0.1) is 6.92 Å². The first-order chi connectivity index (χ1) is 11.6. The van der Waals surface area contributed by atoms with Crippen molar-refractivity contribution in [2.24, 2.45) is 0 Å². The molecular weight excluding hydrogens is 318 g/mol. The molecule has 2 aromatic carbocycles. The molecule has 0 saturated carbocycles. The van der Waals surface area contributed by atoms with Crippen LogP contribution in [-0.4, -0.2) is 25.8 Å². The lowest BCUT2D eigenvalue weighted by Gasteiger charge is -2.12. The summed E-state index contributed by atoms with van der Waals surface area (Å²) in [6.07, 6.45) is 0. The number of carbonyl (C=O) groups is 1. The maximum atomic E-state index is 12.5. The Labute approximate surface area is 145 Å². The van der Waals surface area contributed by atoms with Crippen LogP contribution in [0.4, 0.5) is 0 Å². The molecule has 1 atom stereocenters. The van der Waals surface area contributed by atoms with E-state index in [4.69, 9.17) is 0 Å². The lowest BCUT2D eigenvalue weighted by molar-refractivity contribution is 0.0994. The molecule has 122 valence electrons. The van der Waals surface area contributed by atoms with Crippen LogP contribution in [-0.2, 0) is 6.54 Å². The van der Waals surface area contributed by atoms with Gasteiger partial charge in [0.1, 0.15) is 5.82 Å². The van der Waals surface area contributed by atoms with Crippen LogP contribution in [0.1, 0.15) is 28.7 Å². The highest BCUT2D eigenvalue weighted by molar-refractivity contribution is 8.00. The van der Waals surface area contributed by atoms with Crippen LogP contribution in [0.2, 0.25) is 0 Å². The molecule has 0 fully saturated rings. The molecule has 0 bridgehead atoms. The molecule has 0 radical (unpaired) electrons. The molecule has 5 heteroatoms. The van der Waals surface area contributed by atoms with Gasteiger partial charge in [0.2, 0.25) is 0 Å². The Morgan fingerprint density at radius 1 is 1.04 bits per heavy atom. The number of hydrogen-bond acceptors (Lipinski definition) is 4. The van der Waals surface area contributed by atoms with Crippen molar-refractivity contribution in [3.05, 3.63) is 77.6 Å². The van der Waals surface area contributed by atoms with Crippen molar-refractivity contribution in [1.29, 1.82) is 0 Å². The van der Waals surface area contributed by atoms with Gasteiger partial charge in [0.05, 0.1) is 11.8 Å². The third-order valence-electron chi connectivity index (χ3n) is 3.80. The molecule has 0 amide bonds. The zero-order valence-corrected chi connectivity index (χ0v) is 14.5. The minimum absolute atomic E-state index is 0.104. The van der Waals surface area contributed by atoms with Gasteiger partial charge in [-0.05, 0) is 19.4 Å². The SMILES string of the molecule is Cc1nnc(SC(C)C(=O)c2ccccc2)n1Cc1ccccc1. The van der Waals surface area contributed by atoms with Gasteiger partial charge >= 0.3 is 0 Å². The number of aryl methyl sites for hydroxylation is 1. The van der Waals surface area contributed by atoms with E-state index in [0.29, 0.717) is 6.54 Å². The van der Waals surface area contributed by atoms with Gasteiger partial charge in [0, 0.05) is 5.56 Å². The Bertz CT molecular complexity index is 815. The highest BCUT2D eigenvalue weighted by atomic mass is 32.2. The summed E-state index contributed by atoms with van der Waals surface area (Å²) in [7, 11) is 0. The number of Topliss-reactive ketones (excluding diaryl/α,β-unsaturated/α-hetero) is 1. The second-order valence-corrected chi connectivity index (χ2v) is 6.90. The van der Waals surface area contributed by atoms with Crippen molar-refractivity contribution in [2.45, 2.75) is 30.8 Å². The van der Waals surface area contributed by atoms with Gasteiger partial charge in [-0.25, -0.2) is 0 Å². The van der Waals surface area contributed by atoms with E-state index in [2.05, 4.69) is 26.9 Å². The Kier molecular flexibility index (Phi) is 5.11. The van der Waals surface area contributed by atoms with E-state index >= 15 is 0 Å².